The van der Waals surface area contributed by atoms with Gasteiger partial charge in [-0.25, -0.2) is 8.78 Å². The Kier molecular flexibility index (Phi) is 3.42. The normalized spacial score (nSPS) is 16.1. The van der Waals surface area contributed by atoms with Crippen LogP contribution in [0.2, 0.25) is 0 Å². The Bertz CT molecular complexity index is 121. The van der Waals surface area contributed by atoms with Crippen LogP contribution in [-0.4, -0.2) is 17.1 Å². The van der Waals surface area contributed by atoms with Crippen LogP contribution in [0.3, 0.4) is 0 Å². The Morgan fingerprint density at radius 2 is 1.45 bits per heavy atom. The quantitative estimate of drug-likeness (QED) is 0.682. The van der Waals surface area contributed by atoms with E-state index in [9.17, 15) is 8.78 Å². The van der Waals surface area contributed by atoms with Gasteiger partial charge in [-0.15, -0.1) is 0 Å². The average Bonchev–Trinajstić information content (AvgIpc) is 1.85. The number of halogens is 2. The number of rotatable bonds is 3. The first kappa shape index (κ1) is 10.8. The van der Waals surface area contributed by atoms with Crippen LogP contribution in [0.25, 0.3) is 0 Å². The summed E-state index contributed by atoms with van der Waals surface area (Å²) in [5.41, 5.74) is 0. The second kappa shape index (κ2) is 3.48. The Balaban J connectivity index is 4.29. The van der Waals surface area contributed by atoms with Crippen LogP contribution in [0.4, 0.5) is 8.78 Å². The molecule has 0 bridgehead atoms. The summed E-state index contributed by atoms with van der Waals surface area (Å²) in [5, 5.41) is 9.07. The molecule has 0 rings (SSSR count). The molecule has 0 aromatic heterocycles. The first-order chi connectivity index (χ1) is 4.80. The predicted molar refractivity (Wildman–Crippen MR) is 40.6 cm³/mol. The van der Waals surface area contributed by atoms with Crippen molar-refractivity contribution in [2.24, 2.45) is 11.8 Å². The standard InChI is InChI=1S/C8H16F2O/c1-5(2)7(11)8(9,10)6(3)4/h5-7,11H,1-4H3. The van der Waals surface area contributed by atoms with Crippen molar-refractivity contribution in [1.29, 1.82) is 0 Å². The highest BCUT2D eigenvalue weighted by atomic mass is 19.3. The van der Waals surface area contributed by atoms with Gasteiger partial charge >= 0.3 is 0 Å². The van der Waals surface area contributed by atoms with Crippen molar-refractivity contribution in [3.8, 4) is 0 Å². The van der Waals surface area contributed by atoms with E-state index in [1.54, 1.807) is 13.8 Å². The smallest absolute Gasteiger partial charge is 0.275 e. The molecule has 1 N–H and O–H groups in total. The Labute approximate surface area is 66.4 Å². The minimum Gasteiger partial charge on any atom is -0.387 e. The summed E-state index contributed by atoms with van der Waals surface area (Å²) in [6, 6.07) is 0. The maximum Gasteiger partial charge on any atom is 0.275 e. The van der Waals surface area contributed by atoms with Gasteiger partial charge in [0.15, 0.2) is 0 Å². The van der Waals surface area contributed by atoms with E-state index in [0.29, 0.717) is 0 Å². The second-order valence-corrected chi connectivity index (χ2v) is 3.52. The molecular formula is C8H16F2O. The summed E-state index contributed by atoms with van der Waals surface area (Å²) >= 11 is 0. The molecule has 3 heteroatoms. The number of hydrogen-bond donors (Lipinski definition) is 1. The summed E-state index contributed by atoms with van der Waals surface area (Å²) < 4.78 is 25.9. The van der Waals surface area contributed by atoms with E-state index in [-0.39, 0.29) is 0 Å². The molecule has 1 nitrogen and oxygen atoms in total. The summed E-state index contributed by atoms with van der Waals surface area (Å²) in [6.07, 6.45) is -1.53. The lowest BCUT2D eigenvalue weighted by Crippen LogP contribution is -2.41. The van der Waals surface area contributed by atoms with Gasteiger partial charge in [-0.1, -0.05) is 27.7 Å². The molecule has 0 aliphatic heterocycles. The van der Waals surface area contributed by atoms with Gasteiger partial charge in [0.2, 0.25) is 0 Å². The van der Waals surface area contributed by atoms with Crippen LogP contribution >= 0.6 is 0 Å². The van der Waals surface area contributed by atoms with E-state index < -0.39 is 23.9 Å². The van der Waals surface area contributed by atoms with Crippen LogP contribution in [0.1, 0.15) is 27.7 Å². The summed E-state index contributed by atoms with van der Waals surface area (Å²) in [6.45, 7) is 5.99. The van der Waals surface area contributed by atoms with Crippen LogP contribution < -0.4 is 0 Å². The Morgan fingerprint density at radius 1 is 1.09 bits per heavy atom. The average molecular weight is 166 g/mol. The zero-order chi connectivity index (χ0) is 9.23. The van der Waals surface area contributed by atoms with Crippen molar-refractivity contribution in [2.75, 3.05) is 0 Å². The SMILES string of the molecule is CC(C)C(O)C(F)(F)C(C)C. The van der Waals surface area contributed by atoms with E-state index in [1.165, 1.54) is 13.8 Å². The van der Waals surface area contributed by atoms with Crippen LogP contribution in [0.5, 0.6) is 0 Å². The van der Waals surface area contributed by atoms with E-state index in [0.717, 1.165) is 0 Å². The molecule has 68 valence electrons. The molecular weight excluding hydrogens is 150 g/mol. The van der Waals surface area contributed by atoms with Gasteiger partial charge in [0.05, 0.1) is 0 Å². The van der Waals surface area contributed by atoms with Gasteiger partial charge in [0.25, 0.3) is 5.92 Å². The van der Waals surface area contributed by atoms with Gasteiger partial charge in [0, 0.05) is 5.92 Å². The second-order valence-electron chi connectivity index (χ2n) is 3.52. The third kappa shape index (κ3) is 2.40. The third-order valence-electron chi connectivity index (χ3n) is 1.80. The number of aliphatic hydroxyl groups excluding tert-OH is 1. The van der Waals surface area contributed by atoms with Crippen molar-refractivity contribution in [1.82, 2.24) is 0 Å². The molecule has 0 aliphatic carbocycles. The molecule has 11 heavy (non-hydrogen) atoms. The van der Waals surface area contributed by atoms with Gasteiger partial charge < -0.3 is 5.11 Å². The molecule has 1 unspecified atom stereocenters. The van der Waals surface area contributed by atoms with Crippen LogP contribution in [0, 0.1) is 11.8 Å². The lowest BCUT2D eigenvalue weighted by molar-refractivity contribution is -0.154. The zero-order valence-corrected chi connectivity index (χ0v) is 7.44. The Morgan fingerprint density at radius 3 is 1.55 bits per heavy atom. The van der Waals surface area contributed by atoms with Crippen molar-refractivity contribution < 1.29 is 13.9 Å². The molecule has 0 aliphatic rings. The molecule has 0 radical (unpaired) electrons. The summed E-state index contributed by atoms with van der Waals surface area (Å²) in [4.78, 5) is 0. The molecule has 0 heterocycles. The molecule has 0 aromatic rings. The van der Waals surface area contributed by atoms with E-state index >= 15 is 0 Å². The molecule has 1 atom stereocenters. The van der Waals surface area contributed by atoms with E-state index in [1.807, 2.05) is 0 Å². The summed E-state index contributed by atoms with van der Waals surface area (Å²) in [7, 11) is 0. The van der Waals surface area contributed by atoms with E-state index in [2.05, 4.69) is 0 Å². The number of alkyl halides is 2. The van der Waals surface area contributed by atoms with E-state index in [4.69, 9.17) is 5.11 Å². The maximum atomic E-state index is 12.9. The summed E-state index contributed by atoms with van der Waals surface area (Å²) in [5.74, 6) is -4.17. The Hall–Kier alpha value is -0.180. The molecule has 0 saturated carbocycles. The monoisotopic (exact) mass is 166 g/mol. The van der Waals surface area contributed by atoms with Gasteiger partial charge in [0.1, 0.15) is 6.10 Å². The fraction of sp³-hybridized carbons (Fsp3) is 1.00. The van der Waals surface area contributed by atoms with Crippen LogP contribution in [-0.2, 0) is 0 Å². The maximum absolute atomic E-state index is 12.9. The number of aliphatic hydroxyl groups is 1. The highest BCUT2D eigenvalue weighted by molar-refractivity contribution is 4.81. The molecule has 0 saturated heterocycles. The fourth-order valence-corrected chi connectivity index (χ4v) is 0.786. The fourth-order valence-electron chi connectivity index (χ4n) is 0.786. The highest BCUT2D eigenvalue weighted by Crippen LogP contribution is 2.31. The van der Waals surface area contributed by atoms with Crippen molar-refractivity contribution >= 4 is 0 Å². The van der Waals surface area contributed by atoms with Crippen molar-refractivity contribution in [3.63, 3.8) is 0 Å². The molecule has 0 amide bonds. The van der Waals surface area contributed by atoms with Gasteiger partial charge in [-0.2, -0.15) is 0 Å². The minimum atomic E-state index is -2.96. The first-order valence-electron chi connectivity index (χ1n) is 3.86. The topological polar surface area (TPSA) is 20.2 Å². The first-order valence-corrected chi connectivity index (χ1v) is 3.86. The van der Waals surface area contributed by atoms with Gasteiger partial charge in [-0.3, -0.25) is 0 Å². The molecule has 0 spiro atoms. The number of hydrogen-bond acceptors (Lipinski definition) is 1. The minimum absolute atomic E-state index is 0.396. The lowest BCUT2D eigenvalue weighted by Gasteiger charge is -2.28. The van der Waals surface area contributed by atoms with Crippen molar-refractivity contribution in [2.45, 2.75) is 39.7 Å². The molecule has 0 fully saturated rings. The van der Waals surface area contributed by atoms with Gasteiger partial charge in [-0.05, 0) is 5.92 Å². The van der Waals surface area contributed by atoms with Crippen LogP contribution in [0.15, 0.2) is 0 Å². The predicted octanol–water partition coefficient (Wildman–Crippen LogP) is 2.29. The third-order valence-corrected chi connectivity index (χ3v) is 1.80. The highest BCUT2D eigenvalue weighted by Gasteiger charge is 2.42. The largest absolute Gasteiger partial charge is 0.387 e. The zero-order valence-electron chi connectivity index (χ0n) is 7.44. The lowest BCUT2D eigenvalue weighted by atomic mass is 9.93. The molecule has 0 aromatic carbocycles. The van der Waals surface area contributed by atoms with Crippen molar-refractivity contribution in [3.05, 3.63) is 0 Å².